The highest BCUT2D eigenvalue weighted by Gasteiger charge is 2.46. The van der Waals surface area contributed by atoms with Crippen molar-refractivity contribution in [3.63, 3.8) is 0 Å². The molecule has 4 rings (SSSR count). The van der Waals surface area contributed by atoms with Crippen molar-refractivity contribution >= 4 is 17.4 Å². The van der Waals surface area contributed by atoms with E-state index in [1.807, 2.05) is 6.92 Å². The van der Waals surface area contributed by atoms with Gasteiger partial charge >= 0.3 is 0 Å². The molecule has 9 nitrogen and oxygen atoms in total. The van der Waals surface area contributed by atoms with Crippen LogP contribution in [0.3, 0.4) is 0 Å². The number of carbonyl (C=O) groups excluding carboxylic acids is 2. The van der Waals surface area contributed by atoms with E-state index >= 15 is 0 Å². The Balaban J connectivity index is 1.82. The summed E-state index contributed by atoms with van der Waals surface area (Å²) in [5.74, 6) is 0.237. The molecule has 2 heterocycles. The van der Waals surface area contributed by atoms with E-state index in [4.69, 9.17) is 23.7 Å². The van der Waals surface area contributed by atoms with Crippen LogP contribution in [0.25, 0.3) is 5.76 Å². The monoisotopic (exact) mass is 509 g/mol. The first-order valence-electron chi connectivity index (χ1n) is 12.2. The molecule has 0 aromatic heterocycles. The van der Waals surface area contributed by atoms with Gasteiger partial charge < -0.3 is 33.7 Å². The summed E-state index contributed by atoms with van der Waals surface area (Å²) >= 11 is 0. The van der Waals surface area contributed by atoms with Gasteiger partial charge in [-0.2, -0.15) is 0 Å². The summed E-state index contributed by atoms with van der Waals surface area (Å²) in [5, 5.41) is 11.4. The van der Waals surface area contributed by atoms with E-state index in [1.165, 1.54) is 4.90 Å². The number of aliphatic hydroxyl groups is 1. The minimum absolute atomic E-state index is 0.0127. The van der Waals surface area contributed by atoms with Gasteiger partial charge in [0.2, 0.25) is 0 Å². The standard InChI is InChI=1S/C28H31NO8/c1-4-12-35-20-9-7-18(16-22(20)34-5-2)25-24(27(31)28(32)29(25)11-6-13-33-3)26(30)19-8-10-21-23(17-19)37-15-14-36-21/h4,7-10,16-17,25,30H,1,5-6,11-15H2,2-3H3/t25-/m1/s1. The van der Waals surface area contributed by atoms with E-state index in [1.54, 1.807) is 49.6 Å². The van der Waals surface area contributed by atoms with Gasteiger partial charge in [0.05, 0.1) is 18.2 Å². The number of Topliss-reactive ketones (excluding diaryl/α,β-unsaturated/α-hetero) is 1. The molecule has 1 atom stereocenters. The second kappa shape index (κ2) is 11.8. The Kier molecular flexibility index (Phi) is 8.35. The highest BCUT2D eigenvalue weighted by Crippen LogP contribution is 2.43. The quantitative estimate of drug-likeness (QED) is 0.160. The molecule has 1 amide bonds. The SMILES string of the molecule is C=CCOc1ccc([C@@H]2C(=C(O)c3ccc4c(c3)OCCO4)C(=O)C(=O)N2CCCOC)cc1OCC. The molecule has 1 N–H and O–H groups in total. The van der Waals surface area contributed by atoms with Crippen LogP contribution in [0.5, 0.6) is 23.0 Å². The average molecular weight is 510 g/mol. The number of likely N-dealkylation sites (tertiary alicyclic amines) is 1. The minimum atomic E-state index is -0.835. The van der Waals surface area contributed by atoms with Crippen LogP contribution in [0.4, 0.5) is 0 Å². The van der Waals surface area contributed by atoms with Crippen molar-refractivity contribution in [3.05, 3.63) is 65.8 Å². The highest BCUT2D eigenvalue weighted by molar-refractivity contribution is 6.46. The molecule has 2 aliphatic rings. The van der Waals surface area contributed by atoms with E-state index in [2.05, 4.69) is 6.58 Å². The average Bonchev–Trinajstić information content (AvgIpc) is 3.17. The third kappa shape index (κ3) is 5.41. The lowest BCUT2D eigenvalue weighted by Gasteiger charge is -2.26. The van der Waals surface area contributed by atoms with Crippen molar-refractivity contribution in [3.8, 4) is 23.0 Å². The summed E-state index contributed by atoms with van der Waals surface area (Å²) in [4.78, 5) is 27.9. The van der Waals surface area contributed by atoms with Gasteiger partial charge in [-0.05, 0) is 49.2 Å². The zero-order valence-corrected chi connectivity index (χ0v) is 21.0. The fraction of sp³-hybridized carbons (Fsp3) is 0.357. The predicted octanol–water partition coefficient (Wildman–Crippen LogP) is 3.88. The maximum atomic E-state index is 13.3. The number of carbonyl (C=O) groups is 2. The molecule has 0 unspecified atom stereocenters. The van der Waals surface area contributed by atoms with Crippen LogP contribution in [0.15, 0.2) is 54.6 Å². The lowest BCUT2D eigenvalue weighted by atomic mass is 9.94. The van der Waals surface area contributed by atoms with Crippen molar-refractivity contribution in [2.75, 3.05) is 46.7 Å². The van der Waals surface area contributed by atoms with Crippen LogP contribution in [-0.4, -0.2) is 68.4 Å². The maximum absolute atomic E-state index is 13.3. The maximum Gasteiger partial charge on any atom is 0.295 e. The molecule has 37 heavy (non-hydrogen) atoms. The molecule has 0 aliphatic carbocycles. The molecule has 1 fully saturated rings. The van der Waals surface area contributed by atoms with Crippen molar-refractivity contribution in [2.24, 2.45) is 0 Å². The first-order valence-corrected chi connectivity index (χ1v) is 12.2. The molecule has 2 aromatic carbocycles. The highest BCUT2D eigenvalue weighted by atomic mass is 16.6. The van der Waals surface area contributed by atoms with Gasteiger partial charge in [0.25, 0.3) is 11.7 Å². The number of hydrogen-bond acceptors (Lipinski definition) is 8. The smallest absolute Gasteiger partial charge is 0.295 e. The number of ether oxygens (including phenoxy) is 5. The number of aliphatic hydroxyl groups excluding tert-OH is 1. The number of hydrogen-bond donors (Lipinski definition) is 1. The van der Waals surface area contributed by atoms with Gasteiger partial charge in [-0.25, -0.2) is 0 Å². The van der Waals surface area contributed by atoms with Gasteiger partial charge in [-0.3, -0.25) is 9.59 Å². The molecular formula is C28H31NO8. The van der Waals surface area contributed by atoms with Crippen molar-refractivity contribution in [1.29, 1.82) is 0 Å². The predicted molar refractivity (Wildman–Crippen MR) is 136 cm³/mol. The topological polar surface area (TPSA) is 104 Å². The van der Waals surface area contributed by atoms with Crippen LogP contribution in [-0.2, 0) is 14.3 Å². The second-order valence-corrected chi connectivity index (χ2v) is 8.44. The Morgan fingerprint density at radius 2 is 1.89 bits per heavy atom. The van der Waals surface area contributed by atoms with Gasteiger partial charge in [0.15, 0.2) is 23.0 Å². The Bertz CT molecular complexity index is 1200. The molecule has 2 aromatic rings. The number of benzene rings is 2. The normalized spacial score (nSPS) is 18.1. The molecule has 9 heteroatoms. The Morgan fingerprint density at radius 3 is 2.62 bits per heavy atom. The minimum Gasteiger partial charge on any atom is -0.507 e. The second-order valence-electron chi connectivity index (χ2n) is 8.44. The van der Waals surface area contributed by atoms with Crippen molar-refractivity contribution < 1.29 is 38.4 Å². The van der Waals surface area contributed by atoms with Gasteiger partial charge in [0.1, 0.15) is 25.6 Å². The van der Waals surface area contributed by atoms with Crippen molar-refractivity contribution in [2.45, 2.75) is 19.4 Å². The van der Waals surface area contributed by atoms with Crippen molar-refractivity contribution in [1.82, 2.24) is 4.90 Å². The van der Waals surface area contributed by atoms with Crippen LogP contribution in [0.1, 0.15) is 30.5 Å². The zero-order chi connectivity index (χ0) is 26.4. The first-order chi connectivity index (χ1) is 18.0. The third-order valence-electron chi connectivity index (χ3n) is 6.04. The van der Waals surface area contributed by atoms with Gasteiger partial charge in [0, 0.05) is 25.8 Å². The Labute approximate surface area is 215 Å². The number of amides is 1. The van der Waals surface area contributed by atoms with Crippen LogP contribution < -0.4 is 18.9 Å². The summed E-state index contributed by atoms with van der Waals surface area (Å²) in [6, 6.07) is 9.30. The van der Waals surface area contributed by atoms with Gasteiger partial charge in [-0.1, -0.05) is 18.7 Å². The summed E-state index contributed by atoms with van der Waals surface area (Å²) < 4.78 is 27.8. The van der Waals surface area contributed by atoms with Crippen LogP contribution in [0, 0.1) is 0 Å². The zero-order valence-electron chi connectivity index (χ0n) is 21.0. The summed E-state index contributed by atoms with van der Waals surface area (Å²) in [5.41, 5.74) is 0.937. The fourth-order valence-corrected chi connectivity index (χ4v) is 4.41. The number of rotatable bonds is 11. The molecule has 1 saturated heterocycles. The summed E-state index contributed by atoms with van der Waals surface area (Å²) in [6.45, 7) is 7.68. The fourth-order valence-electron chi connectivity index (χ4n) is 4.41. The number of fused-ring (bicyclic) bond motifs is 1. The molecule has 196 valence electrons. The molecular weight excluding hydrogens is 478 g/mol. The molecule has 0 saturated carbocycles. The summed E-state index contributed by atoms with van der Waals surface area (Å²) in [7, 11) is 1.57. The third-order valence-corrected chi connectivity index (χ3v) is 6.04. The van der Waals surface area contributed by atoms with E-state index in [-0.39, 0.29) is 17.9 Å². The lowest BCUT2D eigenvalue weighted by Crippen LogP contribution is -2.31. The molecule has 0 spiro atoms. The van der Waals surface area contributed by atoms with Crippen LogP contribution >= 0.6 is 0 Å². The Hall–Kier alpha value is -3.98. The van der Waals surface area contributed by atoms with E-state index in [0.717, 1.165) is 0 Å². The van der Waals surface area contributed by atoms with E-state index in [0.29, 0.717) is 73.6 Å². The van der Waals surface area contributed by atoms with E-state index < -0.39 is 17.7 Å². The van der Waals surface area contributed by atoms with E-state index in [9.17, 15) is 14.7 Å². The lowest BCUT2D eigenvalue weighted by molar-refractivity contribution is -0.140. The number of nitrogens with zero attached hydrogens (tertiary/aromatic N) is 1. The largest absolute Gasteiger partial charge is 0.507 e. The molecule has 0 radical (unpaired) electrons. The molecule has 0 bridgehead atoms. The number of ketones is 1. The summed E-state index contributed by atoms with van der Waals surface area (Å²) in [6.07, 6.45) is 2.14. The number of methoxy groups -OCH3 is 1. The first kappa shape index (κ1) is 26.1. The van der Waals surface area contributed by atoms with Crippen LogP contribution in [0.2, 0.25) is 0 Å². The van der Waals surface area contributed by atoms with Gasteiger partial charge in [-0.15, -0.1) is 0 Å². The Morgan fingerprint density at radius 1 is 1.11 bits per heavy atom. The molecule has 2 aliphatic heterocycles.